The highest BCUT2D eigenvalue weighted by molar-refractivity contribution is 5.56. The molecule has 0 saturated carbocycles. The standard InChI is InChI=1S/C18H22F3N3O2/c1-4-5-9-25-16-15(18(19,20)21)11-22-17(24-16)23-13-7-6-8-14(10-13)26-12(2)3/h6-8,10-12H,4-5,9H2,1-3H3,(H,22,23,24). The summed E-state index contributed by atoms with van der Waals surface area (Å²) in [7, 11) is 0. The van der Waals surface area contributed by atoms with E-state index in [9.17, 15) is 13.2 Å². The van der Waals surface area contributed by atoms with Crippen LogP contribution >= 0.6 is 0 Å². The fraction of sp³-hybridized carbons (Fsp3) is 0.444. The molecular formula is C18H22F3N3O2. The minimum atomic E-state index is -4.58. The zero-order chi connectivity index (χ0) is 19.2. The summed E-state index contributed by atoms with van der Waals surface area (Å²) in [6, 6.07) is 7.02. The maximum absolute atomic E-state index is 13.1. The van der Waals surface area contributed by atoms with Gasteiger partial charge in [-0.15, -0.1) is 0 Å². The van der Waals surface area contributed by atoms with E-state index >= 15 is 0 Å². The summed E-state index contributed by atoms with van der Waals surface area (Å²) in [4.78, 5) is 7.65. The van der Waals surface area contributed by atoms with Gasteiger partial charge in [0.2, 0.25) is 11.8 Å². The first-order valence-corrected chi connectivity index (χ1v) is 8.40. The molecule has 1 heterocycles. The zero-order valence-electron chi connectivity index (χ0n) is 14.9. The highest BCUT2D eigenvalue weighted by Gasteiger charge is 2.36. The Kier molecular flexibility index (Phi) is 6.65. The molecule has 0 aliphatic heterocycles. The number of ether oxygens (including phenoxy) is 2. The van der Waals surface area contributed by atoms with E-state index in [0.29, 0.717) is 17.9 Å². The Bertz CT molecular complexity index is 721. The number of unbranched alkanes of at least 4 members (excludes halogenated alkanes) is 1. The van der Waals surface area contributed by atoms with Crippen LogP contribution in [0.1, 0.15) is 39.2 Å². The number of hydrogen-bond donors (Lipinski definition) is 1. The predicted molar refractivity (Wildman–Crippen MR) is 92.9 cm³/mol. The summed E-state index contributed by atoms with van der Waals surface area (Å²) in [5.74, 6) is 0.181. The van der Waals surface area contributed by atoms with Gasteiger partial charge in [0.05, 0.1) is 12.7 Å². The number of hydrogen-bond acceptors (Lipinski definition) is 5. The molecule has 0 aliphatic carbocycles. The molecule has 142 valence electrons. The smallest absolute Gasteiger partial charge is 0.423 e. The Morgan fingerprint density at radius 2 is 2.00 bits per heavy atom. The molecule has 0 radical (unpaired) electrons. The maximum Gasteiger partial charge on any atom is 0.423 e. The average molecular weight is 369 g/mol. The molecule has 0 spiro atoms. The summed E-state index contributed by atoms with van der Waals surface area (Å²) in [5, 5.41) is 2.88. The minimum absolute atomic E-state index is 0.00568. The maximum atomic E-state index is 13.1. The van der Waals surface area contributed by atoms with Crippen LogP contribution < -0.4 is 14.8 Å². The Morgan fingerprint density at radius 1 is 1.23 bits per heavy atom. The number of halogens is 3. The van der Waals surface area contributed by atoms with Crippen molar-refractivity contribution in [3.8, 4) is 11.6 Å². The lowest BCUT2D eigenvalue weighted by Gasteiger charge is -2.14. The van der Waals surface area contributed by atoms with Crippen LogP contribution in [0.15, 0.2) is 30.5 Å². The molecular weight excluding hydrogens is 347 g/mol. The van der Waals surface area contributed by atoms with Crippen LogP contribution in [0.3, 0.4) is 0 Å². The van der Waals surface area contributed by atoms with Gasteiger partial charge in [0.15, 0.2) is 0 Å². The fourth-order valence-electron chi connectivity index (χ4n) is 2.09. The monoisotopic (exact) mass is 369 g/mol. The Labute approximate surface area is 150 Å². The summed E-state index contributed by atoms with van der Waals surface area (Å²) in [5.41, 5.74) is -0.390. The lowest BCUT2D eigenvalue weighted by molar-refractivity contribution is -0.139. The molecule has 0 saturated heterocycles. The number of nitrogens with zero attached hydrogens (tertiary/aromatic N) is 2. The average Bonchev–Trinajstić information content (AvgIpc) is 2.54. The Morgan fingerprint density at radius 3 is 2.65 bits per heavy atom. The van der Waals surface area contributed by atoms with Crippen molar-refractivity contribution < 1.29 is 22.6 Å². The molecule has 2 rings (SSSR count). The molecule has 5 nitrogen and oxygen atoms in total. The van der Waals surface area contributed by atoms with Crippen molar-refractivity contribution in [3.63, 3.8) is 0 Å². The number of nitrogens with one attached hydrogen (secondary N) is 1. The molecule has 0 unspecified atom stereocenters. The zero-order valence-corrected chi connectivity index (χ0v) is 14.9. The first-order valence-electron chi connectivity index (χ1n) is 8.40. The van der Waals surface area contributed by atoms with Crippen molar-refractivity contribution in [2.24, 2.45) is 0 Å². The van der Waals surface area contributed by atoms with Crippen molar-refractivity contribution in [2.45, 2.75) is 45.9 Å². The largest absolute Gasteiger partial charge is 0.491 e. The van der Waals surface area contributed by atoms with Gasteiger partial charge in [0.1, 0.15) is 11.3 Å². The van der Waals surface area contributed by atoms with Gasteiger partial charge >= 0.3 is 6.18 Å². The van der Waals surface area contributed by atoms with E-state index in [4.69, 9.17) is 9.47 Å². The molecule has 0 amide bonds. The molecule has 26 heavy (non-hydrogen) atoms. The molecule has 0 atom stereocenters. The van der Waals surface area contributed by atoms with Crippen molar-refractivity contribution >= 4 is 11.6 Å². The van der Waals surface area contributed by atoms with Crippen molar-refractivity contribution in [1.82, 2.24) is 9.97 Å². The second-order valence-electron chi connectivity index (χ2n) is 5.93. The van der Waals surface area contributed by atoms with E-state index in [1.165, 1.54) is 0 Å². The van der Waals surface area contributed by atoms with E-state index < -0.39 is 17.6 Å². The number of aromatic nitrogens is 2. The highest BCUT2D eigenvalue weighted by atomic mass is 19.4. The third-order valence-corrected chi connectivity index (χ3v) is 3.26. The van der Waals surface area contributed by atoms with E-state index in [0.717, 1.165) is 12.6 Å². The van der Waals surface area contributed by atoms with Gasteiger partial charge in [0.25, 0.3) is 0 Å². The number of rotatable bonds is 8. The molecule has 8 heteroatoms. The van der Waals surface area contributed by atoms with Gasteiger partial charge in [-0.1, -0.05) is 19.4 Å². The molecule has 0 fully saturated rings. The quantitative estimate of drug-likeness (QED) is 0.648. The number of anilines is 2. The summed E-state index contributed by atoms with van der Waals surface area (Å²) in [6.07, 6.45) is -2.40. The number of alkyl halides is 3. The predicted octanol–water partition coefficient (Wildman–Crippen LogP) is 5.21. The Hall–Kier alpha value is -2.51. The molecule has 0 aliphatic rings. The lowest BCUT2D eigenvalue weighted by Crippen LogP contribution is -2.13. The van der Waals surface area contributed by atoms with Crippen LogP contribution in [0, 0.1) is 0 Å². The SMILES string of the molecule is CCCCOc1nc(Nc2cccc(OC(C)C)c2)ncc1C(F)(F)F. The number of benzene rings is 1. The van der Waals surface area contributed by atoms with Crippen LogP contribution in [0.4, 0.5) is 24.8 Å². The van der Waals surface area contributed by atoms with E-state index in [1.807, 2.05) is 20.8 Å². The van der Waals surface area contributed by atoms with E-state index in [2.05, 4.69) is 15.3 Å². The van der Waals surface area contributed by atoms with E-state index in [-0.39, 0.29) is 18.7 Å². The minimum Gasteiger partial charge on any atom is -0.491 e. The third kappa shape index (κ3) is 5.79. The van der Waals surface area contributed by atoms with Crippen LogP contribution in [0.25, 0.3) is 0 Å². The molecule has 1 aromatic carbocycles. The summed E-state index contributed by atoms with van der Waals surface area (Å²) >= 11 is 0. The van der Waals surface area contributed by atoms with Crippen molar-refractivity contribution in [1.29, 1.82) is 0 Å². The van der Waals surface area contributed by atoms with Gasteiger partial charge in [-0.3, -0.25) is 0 Å². The third-order valence-electron chi connectivity index (χ3n) is 3.26. The highest BCUT2D eigenvalue weighted by Crippen LogP contribution is 2.35. The normalized spacial score (nSPS) is 11.5. The topological polar surface area (TPSA) is 56.3 Å². The summed E-state index contributed by atoms with van der Waals surface area (Å²) in [6.45, 7) is 5.89. The van der Waals surface area contributed by atoms with Gasteiger partial charge in [-0.25, -0.2) is 4.98 Å². The molecule has 1 N–H and O–H groups in total. The first-order chi connectivity index (χ1) is 12.3. The Balaban J connectivity index is 2.22. The van der Waals surface area contributed by atoms with Crippen LogP contribution in [-0.2, 0) is 6.18 Å². The molecule has 1 aromatic heterocycles. The molecule has 2 aromatic rings. The van der Waals surface area contributed by atoms with Gasteiger partial charge in [-0.05, 0) is 32.4 Å². The van der Waals surface area contributed by atoms with Crippen LogP contribution in [0.2, 0.25) is 0 Å². The van der Waals surface area contributed by atoms with Gasteiger partial charge < -0.3 is 14.8 Å². The second kappa shape index (κ2) is 8.73. The van der Waals surface area contributed by atoms with Crippen molar-refractivity contribution in [2.75, 3.05) is 11.9 Å². The lowest BCUT2D eigenvalue weighted by atomic mass is 10.3. The first kappa shape index (κ1) is 19.8. The van der Waals surface area contributed by atoms with Crippen LogP contribution in [0.5, 0.6) is 11.6 Å². The van der Waals surface area contributed by atoms with Gasteiger partial charge in [0, 0.05) is 18.0 Å². The summed E-state index contributed by atoms with van der Waals surface area (Å²) < 4.78 is 50.1. The van der Waals surface area contributed by atoms with Crippen molar-refractivity contribution in [3.05, 3.63) is 36.0 Å². The van der Waals surface area contributed by atoms with E-state index in [1.54, 1.807) is 24.3 Å². The molecule has 0 bridgehead atoms. The van der Waals surface area contributed by atoms with Gasteiger partial charge in [-0.2, -0.15) is 18.2 Å². The van der Waals surface area contributed by atoms with Crippen LogP contribution in [-0.4, -0.2) is 22.7 Å². The fourth-order valence-corrected chi connectivity index (χ4v) is 2.09. The second-order valence-corrected chi connectivity index (χ2v) is 5.93.